The number of unbranched alkanes of at least 4 members (excludes halogenated alkanes) is 3. The van der Waals surface area contributed by atoms with Crippen LogP contribution in [0.2, 0.25) is 0 Å². The predicted octanol–water partition coefficient (Wildman–Crippen LogP) is 2.39. The number of methoxy groups -OCH3 is 1. The molecule has 0 atom stereocenters. The standard InChI is InChI=1S/C12H19N3O2/c1-3-4-5-6-7-11(16)15-12-13-8-10(17-2)9-14-12/h8-9H,3-7H2,1-2H3,(H,13,14,15,16). The van der Waals surface area contributed by atoms with Gasteiger partial charge in [-0.3, -0.25) is 10.1 Å². The van der Waals surface area contributed by atoms with Gasteiger partial charge in [0.1, 0.15) is 0 Å². The first-order valence-electron chi connectivity index (χ1n) is 5.92. The molecule has 17 heavy (non-hydrogen) atoms. The van der Waals surface area contributed by atoms with Crippen molar-refractivity contribution in [3.05, 3.63) is 12.4 Å². The largest absolute Gasteiger partial charge is 0.494 e. The number of carbonyl (C=O) groups is 1. The van der Waals surface area contributed by atoms with Crippen LogP contribution < -0.4 is 10.1 Å². The summed E-state index contributed by atoms with van der Waals surface area (Å²) in [5, 5.41) is 2.65. The maximum Gasteiger partial charge on any atom is 0.229 e. The Labute approximate surface area is 102 Å². The van der Waals surface area contributed by atoms with Crippen LogP contribution >= 0.6 is 0 Å². The molecule has 0 aliphatic rings. The van der Waals surface area contributed by atoms with Crippen LogP contribution in [0.4, 0.5) is 5.95 Å². The topological polar surface area (TPSA) is 64.1 Å². The second-order valence-corrected chi connectivity index (χ2v) is 3.81. The van der Waals surface area contributed by atoms with Crippen molar-refractivity contribution in [3.8, 4) is 5.75 Å². The normalized spacial score (nSPS) is 10.0. The minimum Gasteiger partial charge on any atom is -0.494 e. The maximum atomic E-state index is 11.5. The van der Waals surface area contributed by atoms with Crippen molar-refractivity contribution in [2.24, 2.45) is 0 Å². The fraction of sp³-hybridized carbons (Fsp3) is 0.583. The van der Waals surface area contributed by atoms with Crippen LogP contribution in [-0.2, 0) is 4.79 Å². The molecular formula is C12H19N3O2. The molecule has 94 valence electrons. The third-order valence-electron chi connectivity index (χ3n) is 2.37. The molecule has 1 amide bonds. The minimum atomic E-state index is -0.0359. The molecule has 1 heterocycles. The van der Waals surface area contributed by atoms with E-state index >= 15 is 0 Å². The zero-order valence-electron chi connectivity index (χ0n) is 10.4. The van der Waals surface area contributed by atoms with Crippen LogP contribution in [0, 0.1) is 0 Å². The molecule has 0 saturated carbocycles. The molecule has 0 radical (unpaired) electrons. The van der Waals surface area contributed by atoms with Crippen LogP contribution in [0.15, 0.2) is 12.4 Å². The van der Waals surface area contributed by atoms with Crippen LogP contribution in [0.3, 0.4) is 0 Å². The third kappa shape index (κ3) is 5.29. The average Bonchev–Trinajstić information content (AvgIpc) is 2.36. The summed E-state index contributed by atoms with van der Waals surface area (Å²) in [6, 6.07) is 0. The van der Waals surface area contributed by atoms with Gasteiger partial charge in [0.2, 0.25) is 11.9 Å². The molecule has 0 aliphatic carbocycles. The van der Waals surface area contributed by atoms with Gasteiger partial charge < -0.3 is 4.74 Å². The van der Waals surface area contributed by atoms with Crippen LogP contribution in [-0.4, -0.2) is 23.0 Å². The van der Waals surface area contributed by atoms with Gasteiger partial charge in [-0.2, -0.15) is 0 Å². The number of aromatic nitrogens is 2. The van der Waals surface area contributed by atoms with E-state index in [1.165, 1.54) is 25.2 Å². The minimum absolute atomic E-state index is 0.0359. The Morgan fingerprint density at radius 3 is 2.59 bits per heavy atom. The lowest BCUT2D eigenvalue weighted by atomic mass is 10.1. The van der Waals surface area contributed by atoms with E-state index in [0.717, 1.165) is 12.8 Å². The highest BCUT2D eigenvalue weighted by atomic mass is 16.5. The fourth-order valence-corrected chi connectivity index (χ4v) is 1.39. The number of carbonyl (C=O) groups excluding carboxylic acids is 1. The van der Waals surface area contributed by atoms with Gasteiger partial charge in [-0.25, -0.2) is 9.97 Å². The van der Waals surface area contributed by atoms with Crippen molar-refractivity contribution in [2.45, 2.75) is 39.0 Å². The molecule has 0 spiro atoms. The summed E-state index contributed by atoms with van der Waals surface area (Å²) >= 11 is 0. The van der Waals surface area contributed by atoms with Gasteiger partial charge in [-0.15, -0.1) is 0 Å². The van der Waals surface area contributed by atoms with E-state index in [1.807, 2.05) is 0 Å². The summed E-state index contributed by atoms with van der Waals surface area (Å²) < 4.78 is 4.93. The lowest BCUT2D eigenvalue weighted by Gasteiger charge is -2.04. The molecule has 5 nitrogen and oxygen atoms in total. The van der Waals surface area contributed by atoms with Crippen molar-refractivity contribution in [2.75, 3.05) is 12.4 Å². The summed E-state index contributed by atoms with van der Waals surface area (Å²) in [4.78, 5) is 19.4. The number of anilines is 1. The third-order valence-corrected chi connectivity index (χ3v) is 2.37. The molecular weight excluding hydrogens is 218 g/mol. The van der Waals surface area contributed by atoms with E-state index in [0.29, 0.717) is 18.1 Å². The van der Waals surface area contributed by atoms with Gasteiger partial charge in [-0.1, -0.05) is 26.2 Å². The summed E-state index contributed by atoms with van der Waals surface area (Å²) in [5.74, 6) is 0.864. The monoisotopic (exact) mass is 237 g/mol. The van der Waals surface area contributed by atoms with Gasteiger partial charge in [0.25, 0.3) is 0 Å². The van der Waals surface area contributed by atoms with E-state index in [4.69, 9.17) is 4.74 Å². The summed E-state index contributed by atoms with van der Waals surface area (Å²) in [6.45, 7) is 2.14. The van der Waals surface area contributed by atoms with Crippen molar-refractivity contribution in [3.63, 3.8) is 0 Å². The highest BCUT2D eigenvalue weighted by Crippen LogP contribution is 2.08. The highest BCUT2D eigenvalue weighted by molar-refractivity contribution is 5.88. The molecule has 0 aliphatic heterocycles. The van der Waals surface area contributed by atoms with Crippen LogP contribution in [0.1, 0.15) is 39.0 Å². The van der Waals surface area contributed by atoms with E-state index in [1.54, 1.807) is 7.11 Å². The lowest BCUT2D eigenvalue weighted by Crippen LogP contribution is -2.13. The summed E-state index contributed by atoms with van der Waals surface area (Å²) in [6.07, 6.45) is 7.92. The molecule has 0 unspecified atom stereocenters. The number of amides is 1. The molecule has 0 aromatic carbocycles. The van der Waals surface area contributed by atoms with Crippen LogP contribution in [0.5, 0.6) is 5.75 Å². The van der Waals surface area contributed by atoms with Crippen molar-refractivity contribution < 1.29 is 9.53 Å². The predicted molar refractivity (Wildman–Crippen MR) is 66.0 cm³/mol. The SMILES string of the molecule is CCCCCCC(=O)Nc1ncc(OC)cn1. The molecule has 1 aromatic heterocycles. The lowest BCUT2D eigenvalue weighted by molar-refractivity contribution is -0.116. The number of nitrogens with zero attached hydrogens (tertiary/aromatic N) is 2. The second-order valence-electron chi connectivity index (χ2n) is 3.81. The zero-order valence-corrected chi connectivity index (χ0v) is 10.4. The zero-order chi connectivity index (χ0) is 12.5. The molecule has 1 N–H and O–H groups in total. The number of nitrogens with one attached hydrogen (secondary N) is 1. The first-order chi connectivity index (χ1) is 8.26. The smallest absolute Gasteiger partial charge is 0.229 e. The highest BCUT2D eigenvalue weighted by Gasteiger charge is 2.04. The number of hydrogen-bond donors (Lipinski definition) is 1. The van der Waals surface area contributed by atoms with Gasteiger partial charge in [0, 0.05) is 6.42 Å². The Morgan fingerprint density at radius 1 is 1.29 bits per heavy atom. The second kappa shape index (κ2) is 7.60. The van der Waals surface area contributed by atoms with Gasteiger partial charge in [-0.05, 0) is 6.42 Å². The quantitative estimate of drug-likeness (QED) is 0.739. The summed E-state index contributed by atoms with van der Waals surface area (Å²) in [5.41, 5.74) is 0. The molecule has 1 rings (SSSR count). The van der Waals surface area contributed by atoms with Crippen LogP contribution in [0.25, 0.3) is 0 Å². The Hall–Kier alpha value is -1.65. The van der Waals surface area contributed by atoms with Gasteiger partial charge >= 0.3 is 0 Å². The number of rotatable bonds is 7. The molecule has 1 aromatic rings. The van der Waals surface area contributed by atoms with E-state index in [2.05, 4.69) is 22.2 Å². The molecule has 0 bridgehead atoms. The van der Waals surface area contributed by atoms with E-state index in [9.17, 15) is 4.79 Å². The summed E-state index contributed by atoms with van der Waals surface area (Å²) in [7, 11) is 1.55. The van der Waals surface area contributed by atoms with Gasteiger partial charge in [0.15, 0.2) is 5.75 Å². The number of ether oxygens (including phenoxy) is 1. The Morgan fingerprint density at radius 2 is 2.00 bits per heavy atom. The maximum absolute atomic E-state index is 11.5. The molecule has 0 fully saturated rings. The molecule has 0 saturated heterocycles. The number of hydrogen-bond acceptors (Lipinski definition) is 4. The van der Waals surface area contributed by atoms with Crippen molar-refractivity contribution in [1.29, 1.82) is 0 Å². The average molecular weight is 237 g/mol. The Kier molecular flexibility index (Phi) is 5.99. The Balaban J connectivity index is 2.29. The Bertz CT molecular complexity index is 338. The van der Waals surface area contributed by atoms with Crippen molar-refractivity contribution in [1.82, 2.24) is 9.97 Å². The van der Waals surface area contributed by atoms with Gasteiger partial charge in [0.05, 0.1) is 19.5 Å². The fourth-order valence-electron chi connectivity index (χ4n) is 1.39. The first kappa shape index (κ1) is 13.4. The van der Waals surface area contributed by atoms with E-state index in [-0.39, 0.29) is 5.91 Å². The van der Waals surface area contributed by atoms with E-state index < -0.39 is 0 Å². The molecule has 5 heteroatoms. The van der Waals surface area contributed by atoms with Crippen molar-refractivity contribution >= 4 is 11.9 Å². The first-order valence-corrected chi connectivity index (χ1v) is 5.92.